The molecule has 0 aliphatic carbocycles. The van der Waals surface area contributed by atoms with Crippen molar-refractivity contribution in [2.75, 3.05) is 6.61 Å². The van der Waals surface area contributed by atoms with Crippen LogP contribution in [-0.4, -0.2) is 18.5 Å². The topological polar surface area (TPSA) is 52.6 Å². The van der Waals surface area contributed by atoms with Crippen LogP contribution in [0, 0.1) is 0 Å². The van der Waals surface area contributed by atoms with Gasteiger partial charge in [-0.1, -0.05) is 48.5 Å². The summed E-state index contributed by atoms with van der Waals surface area (Å²) < 4.78 is 10.3. The van der Waals surface area contributed by atoms with Crippen molar-refractivity contribution in [3.8, 4) is 11.1 Å². The summed E-state index contributed by atoms with van der Waals surface area (Å²) in [7, 11) is 0. The lowest BCUT2D eigenvalue weighted by molar-refractivity contribution is -0.145. The van der Waals surface area contributed by atoms with Gasteiger partial charge in [-0.15, -0.1) is 0 Å². The molecule has 0 aromatic heterocycles. The standard InChI is InChI=1S/C18H16O4/c1-2-21-16(19)11-15-14-10-6-9-13(17(14)18(20)22-15)12-7-4-3-5-8-12/h3-10,15H,2,11H2,1H3. The van der Waals surface area contributed by atoms with Crippen LogP contribution in [0.25, 0.3) is 11.1 Å². The predicted molar refractivity (Wildman–Crippen MR) is 81.3 cm³/mol. The van der Waals surface area contributed by atoms with Gasteiger partial charge in [-0.3, -0.25) is 4.79 Å². The van der Waals surface area contributed by atoms with E-state index in [0.717, 1.165) is 16.7 Å². The summed E-state index contributed by atoms with van der Waals surface area (Å²) >= 11 is 0. The average Bonchev–Trinajstić information content (AvgIpc) is 2.85. The van der Waals surface area contributed by atoms with E-state index in [4.69, 9.17) is 9.47 Å². The highest BCUT2D eigenvalue weighted by molar-refractivity contribution is 6.01. The van der Waals surface area contributed by atoms with Gasteiger partial charge in [0.1, 0.15) is 6.10 Å². The number of esters is 2. The van der Waals surface area contributed by atoms with Crippen molar-refractivity contribution in [2.24, 2.45) is 0 Å². The molecule has 1 aliphatic rings. The van der Waals surface area contributed by atoms with Gasteiger partial charge >= 0.3 is 11.9 Å². The van der Waals surface area contributed by atoms with Crippen molar-refractivity contribution >= 4 is 11.9 Å². The molecule has 0 saturated heterocycles. The van der Waals surface area contributed by atoms with E-state index in [9.17, 15) is 9.59 Å². The maximum Gasteiger partial charge on any atom is 0.339 e. The molecule has 0 bridgehead atoms. The smallest absolute Gasteiger partial charge is 0.339 e. The largest absolute Gasteiger partial charge is 0.466 e. The summed E-state index contributed by atoms with van der Waals surface area (Å²) in [6, 6.07) is 15.3. The van der Waals surface area contributed by atoms with Crippen molar-refractivity contribution in [1.29, 1.82) is 0 Å². The van der Waals surface area contributed by atoms with E-state index in [-0.39, 0.29) is 18.4 Å². The van der Waals surface area contributed by atoms with Gasteiger partial charge < -0.3 is 9.47 Å². The summed E-state index contributed by atoms with van der Waals surface area (Å²) in [5, 5.41) is 0. The lowest BCUT2D eigenvalue weighted by Gasteiger charge is -2.10. The highest BCUT2D eigenvalue weighted by atomic mass is 16.6. The van der Waals surface area contributed by atoms with Crippen LogP contribution in [0.5, 0.6) is 0 Å². The fourth-order valence-electron chi connectivity index (χ4n) is 2.70. The molecule has 4 heteroatoms. The normalized spacial score (nSPS) is 16.0. The molecule has 22 heavy (non-hydrogen) atoms. The quantitative estimate of drug-likeness (QED) is 0.810. The van der Waals surface area contributed by atoms with Crippen molar-refractivity contribution in [1.82, 2.24) is 0 Å². The van der Waals surface area contributed by atoms with Crippen LogP contribution in [0.1, 0.15) is 35.4 Å². The van der Waals surface area contributed by atoms with Crippen LogP contribution in [0.4, 0.5) is 0 Å². The van der Waals surface area contributed by atoms with Crippen LogP contribution in [0.15, 0.2) is 48.5 Å². The Morgan fingerprint density at radius 3 is 2.64 bits per heavy atom. The Kier molecular flexibility index (Phi) is 3.92. The molecule has 2 aromatic rings. The van der Waals surface area contributed by atoms with Crippen LogP contribution in [-0.2, 0) is 14.3 Å². The lowest BCUT2D eigenvalue weighted by atomic mass is 9.94. The van der Waals surface area contributed by atoms with Gasteiger partial charge in [0.2, 0.25) is 0 Å². The zero-order chi connectivity index (χ0) is 15.5. The molecule has 1 aliphatic heterocycles. The van der Waals surface area contributed by atoms with Gasteiger partial charge in [0.15, 0.2) is 0 Å². The zero-order valence-electron chi connectivity index (χ0n) is 12.2. The third-order valence-corrected chi connectivity index (χ3v) is 3.64. The fourth-order valence-corrected chi connectivity index (χ4v) is 2.70. The predicted octanol–water partition coefficient (Wildman–Crippen LogP) is 3.52. The molecule has 0 radical (unpaired) electrons. The van der Waals surface area contributed by atoms with Gasteiger partial charge in [-0.05, 0) is 18.1 Å². The number of benzene rings is 2. The Morgan fingerprint density at radius 2 is 1.91 bits per heavy atom. The molecule has 1 unspecified atom stereocenters. The van der Waals surface area contributed by atoms with Gasteiger partial charge in [0.05, 0.1) is 18.6 Å². The zero-order valence-corrected chi connectivity index (χ0v) is 12.2. The van der Waals surface area contributed by atoms with Crippen LogP contribution < -0.4 is 0 Å². The van der Waals surface area contributed by atoms with Crippen molar-refractivity contribution < 1.29 is 19.1 Å². The molecule has 0 fully saturated rings. The highest BCUT2D eigenvalue weighted by Crippen LogP contribution is 2.38. The number of carbonyl (C=O) groups excluding carboxylic acids is 2. The average molecular weight is 296 g/mol. The van der Waals surface area contributed by atoms with Gasteiger partial charge in [0, 0.05) is 5.56 Å². The number of ether oxygens (including phenoxy) is 2. The minimum absolute atomic E-state index is 0.0465. The second kappa shape index (κ2) is 6.02. The number of cyclic esters (lactones) is 1. The molecule has 0 N–H and O–H groups in total. The number of hydrogen-bond donors (Lipinski definition) is 0. The molecule has 0 spiro atoms. The Balaban J connectivity index is 1.98. The minimum Gasteiger partial charge on any atom is -0.466 e. The van der Waals surface area contributed by atoms with E-state index < -0.39 is 6.10 Å². The number of hydrogen-bond acceptors (Lipinski definition) is 4. The Labute approximate surface area is 128 Å². The summed E-state index contributed by atoms with van der Waals surface area (Å²) in [5.74, 6) is -0.748. The second-order valence-corrected chi connectivity index (χ2v) is 5.04. The molecule has 4 nitrogen and oxygen atoms in total. The Morgan fingerprint density at radius 1 is 1.14 bits per heavy atom. The first-order valence-electron chi connectivity index (χ1n) is 7.25. The van der Waals surface area contributed by atoms with E-state index >= 15 is 0 Å². The fraction of sp³-hybridized carbons (Fsp3) is 0.222. The molecular formula is C18H16O4. The third-order valence-electron chi connectivity index (χ3n) is 3.64. The SMILES string of the molecule is CCOC(=O)CC1OC(=O)c2c(-c3ccccc3)cccc21. The van der Waals surface area contributed by atoms with Crippen molar-refractivity contribution in [2.45, 2.75) is 19.4 Å². The Bertz CT molecular complexity index is 706. The van der Waals surface area contributed by atoms with Gasteiger partial charge in [0.25, 0.3) is 0 Å². The van der Waals surface area contributed by atoms with Crippen LogP contribution in [0.2, 0.25) is 0 Å². The highest BCUT2D eigenvalue weighted by Gasteiger charge is 2.35. The molecular weight excluding hydrogens is 280 g/mol. The number of rotatable bonds is 4. The number of fused-ring (bicyclic) bond motifs is 1. The summed E-state index contributed by atoms with van der Waals surface area (Å²) in [5.41, 5.74) is 3.07. The van der Waals surface area contributed by atoms with E-state index in [1.54, 1.807) is 6.92 Å². The number of carbonyl (C=O) groups is 2. The molecule has 1 heterocycles. The molecule has 1 atom stereocenters. The molecule has 2 aromatic carbocycles. The van der Waals surface area contributed by atoms with E-state index in [1.807, 2.05) is 48.5 Å². The van der Waals surface area contributed by atoms with Crippen molar-refractivity contribution in [3.05, 3.63) is 59.7 Å². The van der Waals surface area contributed by atoms with Crippen LogP contribution >= 0.6 is 0 Å². The van der Waals surface area contributed by atoms with E-state index in [0.29, 0.717) is 12.2 Å². The van der Waals surface area contributed by atoms with Gasteiger partial charge in [-0.25, -0.2) is 4.79 Å². The first kappa shape index (κ1) is 14.3. The molecule has 112 valence electrons. The first-order chi connectivity index (χ1) is 10.7. The molecule has 0 saturated carbocycles. The monoisotopic (exact) mass is 296 g/mol. The maximum atomic E-state index is 12.2. The molecule has 3 rings (SSSR count). The Hall–Kier alpha value is -2.62. The van der Waals surface area contributed by atoms with Crippen molar-refractivity contribution in [3.63, 3.8) is 0 Å². The van der Waals surface area contributed by atoms with E-state index in [2.05, 4.69) is 0 Å². The first-order valence-corrected chi connectivity index (χ1v) is 7.25. The maximum absolute atomic E-state index is 12.2. The summed E-state index contributed by atoms with van der Waals surface area (Å²) in [6.07, 6.45) is -0.518. The lowest BCUT2D eigenvalue weighted by Crippen LogP contribution is -2.10. The van der Waals surface area contributed by atoms with Crippen LogP contribution in [0.3, 0.4) is 0 Å². The third kappa shape index (κ3) is 2.60. The van der Waals surface area contributed by atoms with E-state index in [1.165, 1.54) is 0 Å². The minimum atomic E-state index is -0.565. The molecule has 0 amide bonds. The summed E-state index contributed by atoms with van der Waals surface area (Å²) in [6.45, 7) is 2.07. The van der Waals surface area contributed by atoms with Gasteiger partial charge in [-0.2, -0.15) is 0 Å². The summed E-state index contributed by atoms with van der Waals surface area (Å²) in [4.78, 5) is 23.9. The second-order valence-electron chi connectivity index (χ2n) is 5.04.